The lowest BCUT2D eigenvalue weighted by Gasteiger charge is -2.27. The predicted octanol–water partition coefficient (Wildman–Crippen LogP) is -1.84. The van der Waals surface area contributed by atoms with Crippen LogP contribution in [0.15, 0.2) is 0 Å². The summed E-state index contributed by atoms with van der Waals surface area (Å²) >= 11 is 0. The Kier molecular flexibility index (Phi) is 6.29. The molecule has 0 spiro atoms. The van der Waals surface area contributed by atoms with Gasteiger partial charge >= 0.3 is 5.97 Å². The standard InChI is InChI=1S/C13H22N4O5/c1-7(14)11(19)16-8(4-5-10(15)18)12(20)17-6-2-3-9(17)13(21)22/h7-9H,2-6,14H2,1H3,(H2,15,18)(H,16,19)(H,21,22)/t7-,8-,9+/m0/s1. The van der Waals surface area contributed by atoms with Crippen molar-refractivity contribution in [2.45, 2.75) is 50.7 Å². The second-order valence-electron chi connectivity index (χ2n) is 5.38. The van der Waals surface area contributed by atoms with Gasteiger partial charge in [-0.1, -0.05) is 0 Å². The van der Waals surface area contributed by atoms with Crippen molar-refractivity contribution in [1.82, 2.24) is 10.2 Å². The highest BCUT2D eigenvalue weighted by Crippen LogP contribution is 2.19. The van der Waals surface area contributed by atoms with Crippen molar-refractivity contribution in [2.24, 2.45) is 11.5 Å². The van der Waals surface area contributed by atoms with Gasteiger partial charge in [-0.3, -0.25) is 14.4 Å². The SMILES string of the molecule is C[C@H](N)C(=O)N[C@@H](CCC(N)=O)C(=O)N1CCC[C@@H]1C(=O)O. The van der Waals surface area contributed by atoms with Crippen molar-refractivity contribution in [2.75, 3.05) is 6.54 Å². The molecule has 1 aliphatic rings. The van der Waals surface area contributed by atoms with Crippen LogP contribution in [-0.2, 0) is 19.2 Å². The number of primary amides is 1. The van der Waals surface area contributed by atoms with Crippen molar-refractivity contribution >= 4 is 23.7 Å². The van der Waals surface area contributed by atoms with Gasteiger partial charge in [0.15, 0.2) is 0 Å². The number of hydrogen-bond donors (Lipinski definition) is 4. The molecule has 0 aliphatic carbocycles. The Labute approximate surface area is 128 Å². The molecular formula is C13H22N4O5. The number of aliphatic carboxylic acids is 1. The van der Waals surface area contributed by atoms with Crippen LogP contribution >= 0.6 is 0 Å². The second kappa shape index (κ2) is 7.74. The minimum atomic E-state index is -1.09. The summed E-state index contributed by atoms with van der Waals surface area (Å²) in [5.41, 5.74) is 10.5. The molecule has 1 fully saturated rings. The largest absolute Gasteiger partial charge is 0.480 e. The van der Waals surface area contributed by atoms with E-state index >= 15 is 0 Å². The maximum atomic E-state index is 12.5. The van der Waals surface area contributed by atoms with Gasteiger partial charge in [-0.25, -0.2) is 4.79 Å². The minimum absolute atomic E-state index is 0.00939. The summed E-state index contributed by atoms with van der Waals surface area (Å²) < 4.78 is 0. The highest BCUT2D eigenvalue weighted by molar-refractivity contribution is 5.92. The molecule has 1 rings (SSSR count). The number of carboxylic acid groups (broad SMARTS) is 1. The van der Waals surface area contributed by atoms with Crippen LogP contribution in [0, 0.1) is 0 Å². The third-order valence-electron chi connectivity index (χ3n) is 3.53. The molecule has 1 aliphatic heterocycles. The van der Waals surface area contributed by atoms with Gasteiger partial charge in [-0.15, -0.1) is 0 Å². The van der Waals surface area contributed by atoms with Crippen LogP contribution < -0.4 is 16.8 Å². The molecule has 0 radical (unpaired) electrons. The summed E-state index contributed by atoms with van der Waals surface area (Å²) in [7, 11) is 0. The Morgan fingerprint density at radius 3 is 2.50 bits per heavy atom. The van der Waals surface area contributed by atoms with Crippen LogP contribution in [0.1, 0.15) is 32.6 Å². The number of hydrogen-bond acceptors (Lipinski definition) is 5. The van der Waals surface area contributed by atoms with Crippen molar-refractivity contribution < 1.29 is 24.3 Å². The molecule has 0 unspecified atom stereocenters. The molecule has 3 atom stereocenters. The van der Waals surface area contributed by atoms with E-state index in [1.165, 1.54) is 11.8 Å². The van der Waals surface area contributed by atoms with Crippen LogP contribution in [-0.4, -0.2) is 58.4 Å². The van der Waals surface area contributed by atoms with Crippen LogP contribution in [0.25, 0.3) is 0 Å². The van der Waals surface area contributed by atoms with Crippen molar-refractivity contribution in [3.63, 3.8) is 0 Å². The summed E-state index contributed by atoms with van der Waals surface area (Å²) in [5, 5.41) is 11.6. The topological polar surface area (TPSA) is 156 Å². The van der Waals surface area contributed by atoms with E-state index in [1.54, 1.807) is 0 Å². The molecule has 0 aromatic rings. The molecule has 0 saturated carbocycles. The number of carbonyl (C=O) groups is 4. The van der Waals surface area contributed by atoms with E-state index in [9.17, 15) is 19.2 Å². The van der Waals surface area contributed by atoms with E-state index in [2.05, 4.69) is 5.32 Å². The molecule has 22 heavy (non-hydrogen) atoms. The summed E-state index contributed by atoms with van der Waals surface area (Å²) in [6.07, 6.45) is 0.855. The first-order valence-corrected chi connectivity index (χ1v) is 7.11. The fourth-order valence-corrected chi connectivity index (χ4v) is 2.33. The monoisotopic (exact) mass is 314 g/mol. The Bertz CT molecular complexity index is 465. The van der Waals surface area contributed by atoms with Crippen LogP contribution in [0.5, 0.6) is 0 Å². The van der Waals surface area contributed by atoms with Crippen molar-refractivity contribution in [1.29, 1.82) is 0 Å². The molecule has 0 aromatic carbocycles. The van der Waals surface area contributed by atoms with Gasteiger partial charge in [0.25, 0.3) is 0 Å². The van der Waals surface area contributed by atoms with Crippen molar-refractivity contribution in [3.05, 3.63) is 0 Å². The zero-order chi connectivity index (χ0) is 16.9. The molecule has 9 heteroatoms. The fraction of sp³-hybridized carbons (Fsp3) is 0.692. The lowest BCUT2D eigenvalue weighted by Crippen LogP contribution is -2.54. The number of likely N-dealkylation sites (tertiary alicyclic amines) is 1. The first kappa shape index (κ1) is 17.9. The maximum Gasteiger partial charge on any atom is 0.326 e. The molecule has 0 bridgehead atoms. The van der Waals surface area contributed by atoms with Gasteiger partial charge in [0, 0.05) is 13.0 Å². The quantitative estimate of drug-likeness (QED) is 0.432. The molecule has 124 valence electrons. The van der Waals surface area contributed by atoms with E-state index in [0.717, 1.165) is 0 Å². The summed E-state index contributed by atoms with van der Waals surface area (Å²) in [4.78, 5) is 47.5. The second-order valence-corrected chi connectivity index (χ2v) is 5.38. The molecule has 1 heterocycles. The zero-order valence-electron chi connectivity index (χ0n) is 12.4. The molecule has 6 N–H and O–H groups in total. The van der Waals surface area contributed by atoms with Crippen LogP contribution in [0.3, 0.4) is 0 Å². The predicted molar refractivity (Wildman–Crippen MR) is 76.4 cm³/mol. The van der Waals surface area contributed by atoms with E-state index < -0.39 is 41.8 Å². The molecule has 3 amide bonds. The van der Waals surface area contributed by atoms with E-state index in [-0.39, 0.29) is 12.8 Å². The van der Waals surface area contributed by atoms with Gasteiger partial charge in [-0.2, -0.15) is 0 Å². The average molecular weight is 314 g/mol. The molecular weight excluding hydrogens is 292 g/mol. The number of nitrogens with two attached hydrogens (primary N) is 2. The molecule has 0 aromatic heterocycles. The summed E-state index contributed by atoms with van der Waals surface area (Å²) in [6.45, 7) is 1.76. The van der Waals surface area contributed by atoms with Crippen LogP contribution in [0.2, 0.25) is 0 Å². The molecule has 9 nitrogen and oxygen atoms in total. The lowest BCUT2D eigenvalue weighted by atomic mass is 10.1. The van der Waals surface area contributed by atoms with Gasteiger partial charge in [0.2, 0.25) is 17.7 Å². The Balaban J connectivity index is 2.83. The maximum absolute atomic E-state index is 12.5. The Hall–Kier alpha value is -2.16. The first-order valence-electron chi connectivity index (χ1n) is 7.11. The number of carbonyl (C=O) groups excluding carboxylic acids is 3. The highest BCUT2D eigenvalue weighted by atomic mass is 16.4. The van der Waals surface area contributed by atoms with Gasteiger partial charge in [0.1, 0.15) is 12.1 Å². The lowest BCUT2D eigenvalue weighted by molar-refractivity contribution is -0.149. The Morgan fingerprint density at radius 1 is 1.36 bits per heavy atom. The average Bonchev–Trinajstić information content (AvgIpc) is 2.91. The molecule has 1 saturated heterocycles. The van der Waals surface area contributed by atoms with E-state index in [4.69, 9.17) is 16.6 Å². The number of carboxylic acids is 1. The number of amides is 3. The minimum Gasteiger partial charge on any atom is -0.480 e. The number of nitrogens with zero attached hydrogens (tertiary/aromatic N) is 1. The third-order valence-corrected chi connectivity index (χ3v) is 3.53. The summed E-state index contributed by atoms with van der Waals surface area (Å²) in [5.74, 6) is -2.77. The normalized spacial score (nSPS) is 20.3. The fourth-order valence-electron chi connectivity index (χ4n) is 2.33. The third kappa shape index (κ3) is 4.69. The number of rotatable bonds is 7. The summed E-state index contributed by atoms with van der Waals surface area (Å²) in [6, 6.07) is -2.74. The van der Waals surface area contributed by atoms with Crippen LogP contribution in [0.4, 0.5) is 0 Å². The van der Waals surface area contributed by atoms with Gasteiger partial charge < -0.3 is 26.8 Å². The Morgan fingerprint density at radius 2 is 2.00 bits per heavy atom. The number of nitrogens with one attached hydrogen (secondary N) is 1. The highest BCUT2D eigenvalue weighted by Gasteiger charge is 2.37. The van der Waals surface area contributed by atoms with E-state index in [1.807, 2.05) is 0 Å². The van der Waals surface area contributed by atoms with E-state index in [0.29, 0.717) is 19.4 Å². The van der Waals surface area contributed by atoms with Gasteiger partial charge in [-0.05, 0) is 26.2 Å². The first-order chi connectivity index (χ1) is 10.2. The van der Waals surface area contributed by atoms with Crippen molar-refractivity contribution in [3.8, 4) is 0 Å². The van der Waals surface area contributed by atoms with Gasteiger partial charge in [0.05, 0.1) is 6.04 Å². The zero-order valence-corrected chi connectivity index (χ0v) is 12.4. The smallest absolute Gasteiger partial charge is 0.326 e.